The normalized spacial score (nSPS) is 25.1. The summed E-state index contributed by atoms with van der Waals surface area (Å²) in [4.78, 5) is 2.59. The molecule has 1 fully saturated rings. The minimum absolute atomic E-state index is 0. The summed E-state index contributed by atoms with van der Waals surface area (Å²) in [6, 6.07) is 0. The average molecular weight is 222 g/mol. The summed E-state index contributed by atoms with van der Waals surface area (Å²) < 4.78 is 0. The molecule has 1 heterocycles. The van der Waals surface area contributed by atoms with E-state index in [-0.39, 0.29) is 17.0 Å². The average Bonchev–Trinajstić information content (AvgIpc) is 2.31. The second-order valence-corrected chi connectivity index (χ2v) is 3.55. The molecule has 1 aliphatic rings. The van der Waals surface area contributed by atoms with Gasteiger partial charge < -0.3 is 4.90 Å². The Morgan fingerprint density at radius 3 is 2.64 bits per heavy atom. The number of halogens is 1. The van der Waals surface area contributed by atoms with Crippen LogP contribution in [0.1, 0.15) is 33.1 Å². The predicted octanol–water partition coefficient (Wildman–Crippen LogP) is 2.71. The van der Waals surface area contributed by atoms with Crippen molar-refractivity contribution in [2.24, 2.45) is 5.92 Å². The van der Waals surface area contributed by atoms with Crippen LogP contribution in [0.3, 0.4) is 0 Å². The number of hydrogen-bond acceptors (Lipinski definition) is 1. The van der Waals surface area contributed by atoms with Gasteiger partial charge in [0.1, 0.15) is 0 Å². The smallest absolute Gasteiger partial charge is 0.000750 e. The maximum absolute atomic E-state index is 2.59. The Kier molecular flexibility index (Phi) is 6.25. The minimum atomic E-state index is 0. The Balaban J connectivity index is 0.000001000. The molecule has 1 aliphatic heterocycles. The topological polar surface area (TPSA) is 3.24 Å². The molecule has 1 nitrogen and oxygen atoms in total. The zero-order valence-electron chi connectivity index (χ0n) is 7.68. The van der Waals surface area contributed by atoms with Crippen LogP contribution in [0.2, 0.25) is 0 Å². The van der Waals surface area contributed by atoms with E-state index in [0.717, 1.165) is 5.92 Å². The van der Waals surface area contributed by atoms with Crippen LogP contribution in [0.25, 0.3) is 0 Å². The van der Waals surface area contributed by atoms with Crippen LogP contribution < -0.4 is 0 Å². The van der Waals surface area contributed by atoms with Crippen LogP contribution in [0.5, 0.6) is 0 Å². The van der Waals surface area contributed by atoms with Crippen LogP contribution >= 0.6 is 17.0 Å². The third kappa shape index (κ3) is 4.12. The molecule has 0 saturated carbocycles. The summed E-state index contributed by atoms with van der Waals surface area (Å²) in [5, 5.41) is 0. The fourth-order valence-corrected chi connectivity index (χ4v) is 1.61. The first-order valence-corrected chi connectivity index (χ1v) is 4.55. The highest BCUT2D eigenvalue weighted by Crippen LogP contribution is 2.14. The maximum atomic E-state index is 2.59. The van der Waals surface area contributed by atoms with E-state index < -0.39 is 0 Å². The molecule has 1 saturated heterocycles. The number of nitrogens with zero attached hydrogens (tertiary/aromatic N) is 1. The lowest BCUT2D eigenvalue weighted by molar-refractivity contribution is 0.322. The van der Waals surface area contributed by atoms with E-state index in [0.29, 0.717) is 0 Å². The van der Waals surface area contributed by atoms with Crippen molar-refractivity contribution in [1.82, 2.24) is 4.90 Å². The van der Waals surface area contributed by atoms with Crippen molar-refractivity contribution in [3.63, 3.8) is 0 Å². The Labute approximate surface area is 80.9 Å². The summed E-state index contributed by atoms with van der Waals surface area (Å²) >= 11 is 0. The molecule has 0 aromatic carbocycles. The Bertz CT molecular complexity index is 95.6. The van der Waals surface area contributed by atoms with Crippen molar-refractivity contribution in [3.05, 3.63) is 0 Å². The zero-order chi connectivity index (χ0) is 7.40. The largest absolute Gasteiger partial charge is 0.303 e. The fraction of sp³-hybridized carbons (Fsp3) is 1.00. The van der Waals surface area contributed by atoms with Crippen molar-refractivity contribution in [3.8, 4) is 0 Å². The van der Waals surface area contributed by atoms with Crippen LogP contribution in [-0.4, -0.2) is 24.5 Å². The number of unbranched alkanes of at least 4 members (excludes halogenated alkanes) is 1. The maximum Gasteiger partial charge on any atom is 0.000750 e. The van der Waals surface area contributed by atoms with Crippen LogP contribution in [0.4, 0.5) is 0 Å². The van der Waals surface area contributed by atoms with Gasteiger partial charge in [-0.3, -0.25) is 0 Å². The lowest BCUT2D eigenvalue weighted by atomic mass is 10.2. The molecule has 11 heavy (non-hydrogen) atoms. The van der Waals surface area contributed by atoms with E-state index in [1.54, 1.807) is 0 Å². The number of rotatable bonds is 3. The van der Waals surface area contributed by atoms with Gasteiger partial charge in [0.05, 0.1) is 0 Å². The number of hydrogen-bond donors (Lipinski definition) is 0. The lowest BCUT2D eigenvalue weighted by Crippen LogP contribution is -2.21. The van der Waals surface area contributed by atoms with E-state index in [9.17, 15) is 0 Å². The fourth-order valence-electron chi connectivity index (χ4n) is 1.61. The van der Waals surface area contributed by atoms with Crippen molar-refractivity contribution >= 4 is 17.0 Å². The first-order chi connectivity index (χ1) is 4.83. The first-order valence-electron chi connectivity index (χ1n) is 4.55. The quantitative estimate of drug-likeness (QED) is 0.709. The molecule has 1 atom stereocenters. The Hall–Kier alpha value is 0.440. The van der Waals surface area contributed by atoms with Gasteiger partial charge in [-0.2, -0.15) is 0 Å². The molecule has 0 aromatic heterocycles. The van der Waals surface area contributed by atoms with E-state index in [2.05, 4.69) is 18.7 Å². The molecule has 0 bridgehead atoms. The molecule has 2 heteroatoms. The summed E-state index contributed by atoms with van der Waals surface area (Å²) in [6.07, 6.45) is 4.14. The van der Waals surface area contributed by atoms with Crippen molar-refractivity contribution < 1.29 is 0 Å². The van der Waals surface area contributed by atoms with Gasteiger partial charge in [-0.05, 0) is 31.8 Å². The summed E-state index contributed by atoms with van der Waals surface area (Å²) in [5.41, 5.74) is 0. The molecule has 0 N–H and O–H groups in total. The monoisotopic (exact) mass is 221 g/mol. The van der Waals surface area contributed by atoms with E-state index in [4.69, 9.17) is 0 Å². The third-order valence-electron chi connectivity index (χ3n) is 2.34. The van der Waals surface area contributed by atoms with E-state index in [1.807, 2.05) is 0 Å². The second kappa shape index (κ2) is 6.01. The van der Waals surface area contributed by atoms with Crippen LogP contribution in [-0.2, 0) is 0 Å². The van der Waals surface area contributed by atoms with Gasteiger partial charge in [0.25, 0.3) is 0 Å². The zero-order valence-corrected chi connectivity index (χ0v) is 9.39. The van der Waals surface area contributed by atoms with Gasteiger partial charge in [0.15, 0.2) is 0 Å². The molecule has 0 aliphatic carbocycles. The minimum Gasteiger partial charge on any atom is -0.303 e. The van der Waals surface area contributed by atoms with Gasteiger partial charge in [0.2, 0.25) is 0 Å². The molecule has 1 unspecified atom stereocenters. The van der Waals surface area contributed by atoms with Crippen molar-refractivity contribution in [2.75, 3.05) is 19.6 Å². The Morgan fingerprint density at radius 1 is 1.45 bits per heavy atom. The van der Waals surface area contributed by atoms with Gasteiger partial charge in [-0.15, -0.1) is 17.0 Å². The molecule has 68 valence electrons. The third-order valence-corrected chi connectivity index (χ3v) is 2.34. The highest BCUT2D eigenvalue weighted by molar-refractivity contribution is 8.93. The van der Waals surface area contributed by atoms with Gasteiger partial charge in [0, 0.05) is 6.54 Å². The van der Waals surface area contributed by atoms with Gasteiger partial charge in [-0.1, -0.05) is 20.3 Å². The summed E-state index contributed by atoms with van der Waals surface area (Å²) in [7, 11) is 0. The standard InChI is InChI=1S/C9H19N.BrH/c1-3-4-6-10-7-5-9(2)8-10;/h9H,3-8H2,1-2H3;1H. The van der Waals surface area contributed by atoms with Crippen molar-refractivity contribution in [1.29, 1.82) is 0 Å². The first kappa shape index (κ1) is 11.4. The van der Waals surface area contributed by atoms with Gasteiger partial charge >= 0.3 is 0 Å². The van der Waals surface area contributed by atoms with Gasteiger partial charge in [-0.25, -0.2) is 0 Å². The highest BCUT2D eigenvalue weighted by Gasteiger charge is 2.16. The summed E-state index contributed by atoms with van der Waals surface area (Å²) in [6.45, 7) is 8.65. The SMILES string of the molecule is Br.CCCCN1CCC(C)C1. The van der Waals surface area contributed by atoms with E-state index >= 15 is 0 Å². The molecular weight excluding hydrogens is 202 g/mol. The molecule has 0 spiro atoms. The highest BCUT2D eigenvalue weighted by atomic mass is 79.9. The van der Waals surface area contributed by atoms with Crippen LogP contribution in [0, 0.1) is 5.92 Å². The summed E-state index contributed by atoms with van der Waals surface area (Å²) in [5.74, 6) is 0.955. The molecular formula is C9H20BrN. The Morgan fingerprint density at radius 2 is 2.18 bits per heavy atom. The van der Waals surface area contributed by atoms with Crippen LogP contribution in [0.15, 0.2) is 0 Å². The van der Waals surface area contributed by atoms with Crippen molar-refractivity contribution in [2.45, 2.75) is 33.1 Å². The molecule has 1 rings (SSSR count). The molecule has 0 amide bonds. The molecule has 0 radical (unpaired) electrons. The van der Waals surface area contributed by atoms with E-state index in [1.165, 1.54) is 38.9 Å². The number of likely N-dealkylation sites (tertiary alicyclic amines) is 1. The second-order valence-electron chi connectivity index (χ2n) is 3.55. The molecule has 0 aromatic rings. The predicted molar refractivity (Wildman–Crippen MR) is 55.5 cm³/mol. The lowest BCUT2D eigenvalue weighted by Gasteiger charge is -2.13.